The van der Waals surface area contributed by atoms with Crippen molar-refractivity contribution in [3.63, 3.8) is 0 Å². The van der Waals surface area contributed by atoms with E-state index in [2.05, 4.69) is 24.1 Å². The Labute approximate surface area is 175 Å². The molecule has 2 aromatic carbocycles. The zero-order valence-corrected chi connectivity index (χ0v) is 18.4. The molecule has 154 valence electrons. The van der Waals surface area contributed by atoms with Crippen molar-refractivity contribution >= 4 is 39.3 Å². The molecule has 0 radical (unpaired) electrons. The molecule has 1 aromatic heterocycles. The van der Waals surface area contributed by atoms with Gasteiger partial charge in [-0.05, 0) is 42.2 Å². The minimum atomic E-state index is -0.0919. The fourth-order valence-electron chi connectivity index (χ4n) is 3.42. The summed E-state index contributed by atoms with van der Waals surface area (Å²) in [7, 11) is 1.71. The molecule has 5 nitrogen and oxygen atoms in total. The van der Waals surface area contributed by atoms with Gasteiger partial charge in [-0.2, -0.15) is 0 Å². The van der Waals surface area contributed by atoms with E-state index in [0.717, 1.165) is 23.6 Å². The summed E-state index contributed by atoms with van der Waals surface area (Å²) >= 11 is 1.30. The van der Waals surface area contributed by atoms with E-state index in [1.165, 1.54) is 22.7 Å². The Morgan fingerprint density at radius 1 is 1.14 bits per heavy atom. The van der Waals surface area contributed by atoms with Crippen LogP contribution in [-0.4, -0.2) is 27.3 Å². The van der Waals surface area contributed by atoms with Crippen molar-refractivity contribution in [2.45, 2.75) is 51.2 Å². The molecule has 3 aromatic rings. The van der Waals surface area contributed by atoms with Gasteiger partial charge in [-0.25, -0.2) is 4.98 Å². The second kappa shape index (κ2) is 9.44. The zero-order valence-electron chi connectivity index (χ0n) is 17.6. The zero-order chi connectivity index (χ0) is 21.0. The van der Waals surface area contributed by atoms with Crippen LogP contribution in [0.5, 0.6) is 0 Å². The SMILES string of the molecule is CC(C)CCC[C@@H](C)NC(=O)CSc1nc2cc3ccccc3cc2c(=O)n1C. The molecule has 0 aliphatic rings. The van der Waals surface area contributed by atoms with Crippen molar-refractivity contribution in [2.75, 3.05) is 5.75 Å². The van der Waals surface area contributed by atoms with Gasteiger partial charge in [0.05, 0.1) is 16.7 Å². The quantitative estimate of drug-likeness (QED) is 0.336. The van der Waals surface area contributed by atoms with Gasteiger partial charge in [-0.1, -0.05) is 62.7 Å². The van der Waals surface area contributed by atoms with Crippen LogP contribution in [0.2, 0.25) is 0 Å². The minimum Gasteiger partial charge on any atom is -0.353 e. The lowest BCUT2D eigenvalue weighted by Crippen LogP contribution is -2.34. The van der Waals surface area contributed by atoms with Crippen LogP contribution in [-0.2, 0) is 11.8 Å². The first-order valence-electron chi connectivity index (χ1n) is 10.2. The van der Waals surface area contributed by atoms with Gasteiger partial charge in [0, 0.05) is 13.1 Å². The van der Waals surface area contributed by atoms with Crippen LogP contribution in [0.25, 0.3) is 21.7 Å². The lowest BCUT2D eigenvalue weighted by Gasteiger charge is -2.15. The van der Waals surface area contributed by atoms with Crippen LogP contribution in [0.3, 0.4) is 0 Å². The molecule has 0 aliphatic heterocycles. The third kappa shape index (κ3) is 5.38. The number of carbonyl (C=O) groups excluding carboxylic acids is 1. The van der Waals surface area contributed by atoms with Crippen molar-refractivity contribution in [3.8, 4) is 0 Å². The summed E-state index contributed by atoms with van der Waals surface area (Å²) in [5, 5.41) is 6.26. The first kappa shape index (κ1) is 21.4. The van der Waals surface area contributed by atoms with E-state index in [0.29, 0.717) is 22.0 Å². The molecular weight excluding hydrogens is 382 g/mol. The Hall–Kier alpha value is -2.34. The van der Waals surface area contributed by atoms with Crippen molar-refractivity contribution in [2.24, 2.45) is 13.0 Å². The van der Waals surface area contributed by atoms with Crippen molar-refractivity contribution in [3.05, 3.63) is 46.8 Å². The first-order chi connectivity index (χ1) is 13.8. The largest absolute Gasteiger partial charge is 0.353 e. The summed E-state index contributed by atoms with van der Waals surface area (Å²) in [4.78, 5) is 29.8. The summed E-state index contributed by atoms with van der Waals surface area (Å²) in [6, 6.07) is 11.9. The summed E-state index contributed by atoms with van der Waals surface area (Å²) < 4.78 is 1.53. The Morgan fingerprint density at radius 3 is 2.52 bits per heavy atom. The maximum Gasteiger partial charge on any atom is 0.261 e. The number of fused-ring (bicyclic) bond motifs is 2. The first-order valence-corrected chi connectivity index (χ1v) is 11.2. The number of hydrogen-bond acceptors (Lipinski definition) is 4. The van der Waals surface area contributed by atoms with Crippen molar-refractivity contribution in [1.82, 2.24) is 14.9 Å². The van der Waals surface area contributed by atoms with Crippen LogP contribution < -0.4 is 10.9 Å². The summed E-state index contributed by atoms with van der Waals surface area (Å²) in [6.45, 7) is 6.46. The Morgan fingerprint density at radius 2 is 1.83 bits per heavy atom. The number of nitrogens with one attached hydrogen (secondary N) is 1. The molecule has 1 N–H and O–H groups in total. The Bertz CT molecular complexity index is 1070. The van der Waals surface area contributed by atoms with Crippen LogP contribution in [0.15, 0.2) is 46.3 Å². The van der Waals surface area contributed by atoms with E-state index in [1.807, 2.05) is 43.3 Å². The third-order valence-corrected chi connectivity index (χ3v) is 6.09. The smallest absolute Gasteiger partial charge is 0.261 e. The van der Waals surface area contributed by atoms with E-state index in [-0.39, 0.29) is 23.3 Å². The highest BCUT2D eigenvalue weighted by atomic mass is 32.2. The number of carbonyl (C=O) groups is 1. The third-order valence-electron chi connectivity index (χ3n) is 5.06. The van der Waals surface area contributed by atoms with Crippen LogP contribution >= 0.6 is 11.8 Å². The average Bonchev–Trinajstić information content (AvgIpc) is 2.68. The lowest BCUT2D eigenvalue weighted by atomic mass is 10.0. The van der Waals surface area contributed by atoms with Gasteiger partial charge in [0.15, 0.2) is 5.16 Å². The molecule has 0 bridgehead atoms. The molecule has 1 atom stereocenters. The lowest BCUT2D eigenvalue weighted by molar-refractivity contribution is -0.119. The second-order valence-electron chi connectivity index (χ2n) is 8.06. The highest BCUT2D eigenvalue weighted by molar-refractivity contribution is 7.99. The van der Waals surface area contributed by atoms with Gasteiger partial charge in [-0.3, -0.25) is 14.2 Å². The molecule has 1 amide bonds. The average molecular weight is 412 g/mol. The number of rotatable bonds is 8. The standard InChI is InChI=1S/C23H29N3O2S/c1-15(2)8-7-9-16(3)24-21(27)14-29-23-25-20-13-18-11-6-5-10-17(18)12-19(20)22(28)26(23)4/h5-6,10-13,15-16H,7-9,14H2,1-4H3,(H,24,27)/t16-/m1/s1. The fourth-order valence-corrected chi connectivity index (χ4v) is 4.20. The summed E-state index contributed by atoms with van der Waals surface area (Å²) in [5.41, 5.74) is 0.572. The number of aromatic nitrogens is 2. The molecule has 0 fully saturated rings. The predicted molar refractivity (Wildman–Crippen MR) is 122 cm³/mol. The molecule has 0 unspecified atom stereocenters. The number of nitrogens with zero attached hydrogens (tertiary/aromatic N) is 2. The van der Waals surface area contributed by atoms with Crippen LogP contribution in [0.4, 0.5) is 0 Å². The second-order valence-corrected chi connectivity index (χ2v) is 9.00. The monoisotopic (exact) mass is 411 g/mol. The van der Waals surface area contributed by atoms with Crippen LogP contribution in [0, 0.1) is 5.92 Å². The van der Waals surface area contributed by atoms with Gasteiger partial charge < -0.3 is 5.32 Å². The van der Waals surface area contributed by atoms with E-state index in [9.17, 15) is 9.59 Å². The maximum absolute atomic E-state index is 12.8. The van der Waals surface area contributed by atoms with Gasteiger partial charge in [-0.15, -0.1) is 0 Å². The van der Waals surface area contributed by atoms with Gasteiger partial charge in [0.2, 0.25) is 5.91 Å². The van der Waals surface area contributed by atoms with Gasteiger partial charge in [0.1, 0.15) is 0 Å². The molecule has 0 saturated heterocycles. The topological polar surface area (TPSA) is 64.0 Å². The molecule has 0 saturated carbocycles. The number of hydrogen-bond donors (Lipinski definition) is 1. The maximum atomic E-state index is 12.8. The van der Waals surface area contributed by atoms with Gasteiger partial charge >= 0.3 is 0 Å². The van der Waals surface area contributed by atoms with Crippen LogP contribution in [0.1, 0.15) is 40.0 Å². The number of amides is 1. The molecule has 3 rings (SSSR count). The molecular formula is C23H29N3O2S. The number of thioether (sulfide) groups is 1. The normalized spacial score (nSPS) is 12.6. The van der Waals surface area contributed by atoms with E-state index >= 15 is 0 Å². The molecule has 1 heterocycles. The minimum absolute atomic E-state index is 0.0279. The van der Waals surface area contributed by atoms with Crippen molar-refractivity contribution in [1.29, 1.82) is 0 Å². The number of benzene rings is 2. The highest BCUT2D eigenvalue weighted by Gasteiger charge is 2.13. The van der Waals surface area contributed by atoms with E-state index in [1.54, 1.807) is 7.05 Å². The Kier molecular flexibility index (Phi) is 6.96. The van der Waals surface area contributed by atoms with E-state index < -0.39 is 0 Å². The van der Waals surface area contributed by atoms with Gasteiger partial charge in [0.25, 0.3) is 5.56 Å². The fraction of sp³-hybridized carbons (Fsp3) is 0.435. The molecule has 0 aliphatic carbocycles. The Balaban J connectivity index is 1.70. The summed E-state index contributed by atoms with van der Waals surface area (Å²) in [6.07, 6.45) is 3.27. The summed E-state index contributed by atoms with van der Waals surface area (Å²) in [5.74, 6) is 0.902. The van der Waals surface area contributed by atoms with Crippen molar-refractivity contribution < 1.29 is 4.79 Å². The highest BCUT2D eigenvalue weighted by Crippen LogP contribution is 2.22. The molecule has 29 heavy (non-hydrogen) atoms. The van der Waals surface area contributed by atoms with E-state index in [4.69, 9.17) is 0 Å². The predicted octanol–water partition coefficient (Wildman–Crippen LogP) is 4.51. The molecule has 0 spiro atoms. The molecule has 6 heteroatoms.